The third kappa shape index (κ3) is 5.55. The van der Waals surface area contributed by atoms with Crippen LogP contribution in [-0.4, -0.2) is 11.7 Å². The van der Waals surface area contributed by atoms with Crippen molar-refractivity contribution < 1.29 is 5.11 Å². The molecule has 0 aromatic heterocycles. The first kappa shape index (κ1) is 13.0. The van der Waals surface area contributed by atoms with Crippen LogP contribution < -0.4 is 0 Å². The van der Waals surface area contributed by atoms with Gasteiger partial charge in [0.2, 0.25) is 0 Å². The lowest BCUT2D eigenvalue weighted by Gasteiger charge is -2.10. The Bertz CT molecular complexity index is 144. The standard InChI is InChI=1S/C14H28O/c1-2-3-4-5-7-13-9-10-14(12-13)8-6-11-15/h13-15H,2-12H2,1H3. The molecule has 0 aromatic rings. The fourth-order valence-corrected chi connectivity index (χ4v) is 2.94. The molecule has 1 rings (SSSR count). The molecule has 1 aliphatic carbocycles. The lowest BCUT2D eigenvalue weighted by molar-refractivity contribution is 0.270. The Hall–Kier alpha value is -0.0400. The summed E-state index contributed by atoms with van der Waals surface area (Å²) in [5, 5.41) is 8.79. The Morgan fingerprint density at radius 1 is 0.933 bits per heavy atom. The summed E-state index contributed by atoms with van der Waals surface area (Å²) in [5.74, 6) is 1.96. The quantitative estimate of drug-likeness (QED) is 0.599. The first-order chi connectivity index (χ1) is 7.36. The maximum absolute atomic E-state index is 8.79. The van der Waals surface area contributed by atoms with Crippen molar-refractivity contribution in [2.24, 2.45) is 11.8 Å². The molecule has 0 heterocycles. The van der Waals surface area contributed by atoms with Crippen LogP contribution >= 0.6 is 0 Å². The molecule has 1 nitrogen and oxygen atoms in total. The molecule has 0 aliphatic heterocycles. The number of hydrogen-bond acceptors (Lipinski definition) is 1. The zero-order chi connectivity index (χ0) is 10.9. The van der Waals surface area contributed by atoms with Gasteiger partial charge in [-0.25, -0.2) is 0 Å². The monoisotopic (exact) mass is 212 g/mol. The van der Waals surface area contributed by atoms with Crippen molar-refractivity contribution in [1.82, 2.24) is 0 Å². The van der Waals surface area contributed by atoms with Gasteiger partial charge in [-0.05, 0) is 31.1 Å². The molecular formula is C14H28O. The van der Waals surface area contributed by atoms with Crippen LogP contribution in [0.15, 0.2) is 0 Å². The fourth-order valence-electron chi connectivity index (χ4n) is 2.94. The highest BCUT2D eigenvalue weighted by Crippen LogP contribution is 2.36. The van der Waals surface area contributed by atoms with E-state index in [2.05, 4.69) is 6.92 Å². The number of unbranched alkanes of at least 4 members (excludes halogenated alkanes) is 3. The van der Waals surface area contributed by atoms with Gasteiger partial charge < -0.3 is 5.11 Å². The number of aliphatic hydroxyl groups excluding tert-OH is 1. The van der Waals surface area contributed by atoms with E-state index >= 15 is 0 Å². The van der Waals surface area contributed by atoms with Crippen molar-refractivity contribution in [2.45, 2.75) is 71.1 Å². The molecule has 1 N–H and O–H groups in total. The molecule has 2 atom stereocenters. The van der Waals surface area contributed by atoms with Gasteiger partial charge in [0, 0.05) is 6.61 Å². The van der Waals surface area contributed by atoms with Gasteiger partial charge in [0.05, 0.1) is 0 Å². The van der Waals surface area contributed by atoms with Crippen LogP contribution in [0.2, 0.25) is 0 Å². The molecule has 2 unspecified atom stereocenters. The van der Waals surface area contributed by atoms with E-state index in [9.17, 15) is 0 Å². The summed E-state index contributed by atoms with van der Waals surface area (Å²) in [6.07, 6.45) is 13.8. The summed E-state index contributed by atoms with van der Waals surface area (Å²) in [5.41, 5.74) is 0. The minimum atomic E-state index is 0.387. The molecule has 1 heteroatoms. The van der Waals surface area contributed by atoms with Crippen molar-refractivity contribution in [2.75, 3.05) is 6.61 Å². The van der Waals surface area contributed by atoms with Gasteiger partial charge >= 0.3 is 0 Å². The van der Waals surface area contributed by atoms with Gasteiger partial charge in [-0.1, -0.05) is 51.9 Å². The molecule has 0 radical (unpaired) electrons. The van der Waals surface area contributed by atoms with Gasteiger partial charge in [0.15, 0.2) is 0 Å². The van der Waals surface area contributed by atoms with Crippen LogP contribution in [0.1, 0.15) is 71.1 Å². The van der Waals surface area contributed by atoms with E-state index in [0.717, 1.165) is 18.3 Å². The number of aliphatic hydroxyl groups is 1. The lowest BCUT2D eigenvalue weighted by atomic mass is 9.96. The van der Waals surface area contributed by atoms with Crippen molar-refractivity contribution >= 4 is 0 Å². The first-order valence-electron chi connectivity index (χ1n) is 6.97. The minimum absolute atomic E-state index is 0.387. The molecule has 0 aromatic carbocycles. The largest absolute Gasteiger partial charge is 0.396 e. The molecule has 90 valence electrons. The molecule has 1 saturated carbocycles. The molecule has 0 bridgehead atoms. The first-order valence-corrected chi connectivity index (χ1v) is 6.97. The molecule has 1 fully saturated rings. The minimum Gasteiger partial charge on any atom is -0.396 e. The van der Waals surface area contributed by atoms with E-state index in [0.29, 0.717) is 6.61 Å². The van der Waals surface area contributed by atoms with E-state index in [1.54, 1.807) is 0 Å². The summed E-state index contributed by atoms with van der Waals surface area (Å²) in [7, 11) is 0. The van der Waals surface area contributed by atoms with Crippen molar-refractivity contribution in [1.29, 1.82) is 0 Å². The summed E-state index contributed by atoms with van der Waals surface area (Å²) in [6, 6.07) is 0. The summed E-state index contributed by atoms with van der Waals surface area (Å²) in [4.78, 5) is 0. The van der Waals surface area contributed by atoms with Crippen molar-refractivity contribution in [3.05, 3.63) is 0 Å². The maximum Gasteiger partial charge on any atom is 0.0431 e. The van der Waals surface area contributed by atoms with Gasteiger partial charge in [-0.15, -0.1) is 0 Å². The third-order valence-corrected chi connectivity index (χ3v) is 3.89. The van der Waals surface area contributed by atoms with Crippen LogP contribution in [0.4, 0.5) is 0 Å². The van der Waals surface area contributed by atoms with E-state index < -0.39 is 0 Å². The number of rotatable bonds is 8. The average molecular weight is 212 g/mol. The average Bonchev–Trinajstić information content (AvgIpc) is 2.69. The Balaban J connectivity index is 1.98. The van der Waals surface area contributed by atoms with Gasteiger partial charge in [0.1, 0.15) is 0 Å². The van der Waals surface area contributed by atoms with E-state index in [1.807, 2.05) is 0 Å². The van der Waals surface area contributed by atoms with Crippen molar-refractivity contribution in [3.8, 4) is 0 Å². The van der Waals surface area contributed by atoms with Crippen LogP contribution in [0.3, 0.4) is 0 Å². The fraction of sp³-hybridized carbons (Fsp3) is 1.00. The van der Waals surface area contributed by atoms with Gasteiger partial charge in [0.25, 0.3) is 0 Å². The van der Waals surface area contributed by atoms with Crippen LogP contribution in [0.5, 0.6) is 0 Å². The Morgan fingerprint density at radius 2 is 1.60 bits per heavy atom. The normalized spacial score (nSPS) is 26.0. The highest BCUT2D eigenvalue weighted by Gasteiger charge is 2.23. The zero-order valence-corrected chi connectivity index (χ0v) is 10.4. The van der Waals surface area contributed by atoms with E-state index in [4.69, 9.17) is 5.11 Å². The predicted molar refractivity (Wildman–Crippen MR) is 65.9 cm³/mol. The lowest BCUT2D eigenvalue weighted by Crippen LogP contribution is -1.98. The van der Waals surface area contributed by atoms with Crippen LogP contribution in [0.25, 0.3) is 0 Å². The van der Waals surface area contributed by atoms with Gasteiger partial charge in [-0.2, -0.15) is 0 Å². The number of hydrogen-bond donors (Lipinski definition) is 1. The Kier molecular flexibility index (Phi) is 7.08. The maximum atomic E-state index is 8.79. The molecule has 0 saturated heterocycles. The summed E-state index contributed by atoms with van der Waals surface area (Å²) in [6.45, 7) is 2.66. The summed E-state index contributed by atoms with van der Waals surface area (Å²) >= 11 is 0. The highest BCUT2D eigenvalue weighted by atomic mass is 16.2. The van der Waals surface area contributed by atoms with E-state index in [1.165, 1.54) is 57.8 Å². The second kappa shape index (κ2) is 8.15. The molecule has 15 heavy (non-hydrogen) atoms. The molecule has 0 amide bonds. The second-order valence-corrected chi connectivity index (χ2v) is 5.26. The smallest absolute Gasteiger partial charge is 0.0431 e. The van der Waals surface area contributed by atoms with E-state index in [-0.39, 0.29) is 0 Å². The zero-order valence-electron chi connectivity index (χ0n) is 10.4. The van der Waals surface area contributed by atoms with Crippen LogP contribution in [-0.2, 0) is 0 Å². The highest BCUT2D eigenvalue weighted by molar-refractivity contribution is 4.75. The van der Waals surface area contributed by atoms with Crippen LogP contribution in [0, 0.1) is 11.8 Å². The predicted octanol–water partition coefficient (Wildman–Crippen LogP) is 4.15. The Labute approximate surface area is 95.3 Å². The topological polar surface area (TPSA) is 20.2 Å². The molecule has 1 aliphatic rings. The molecule has 0 spiro atoms. The van der Waals surface area contributed by atoms with Crippen molar-refractivity contribution in [3.63, 3.8) is 0 Å². The third-order valence-electron chi connectivity index (χ3n) is 3.89. The molecular weight excluding hydrogens is 184 g/mol. The summed E-state index contributed by atoms with van der Waals surface area (Å²) < 4.78 is 0. The van der Waals surface area contributed by atoms with Gasteiger partial charge in [-0.3, -0.25) is 0 Å². The SMILES string of the molecule is CCCCCCC1CCC(CCCO)C1. The second-order valence-electron chi connectivity index (χ2n) is 5.26. The Morgan fingerprint density at radius 3 is 2.20 bits per heavy atom.